The van der Waals surface area contributed by atoms with Crippen LogP contribution in [0.2, 0.25) is 0 Å². The van der Waals surface area contributed by atoms with Gasteiger partial charge in [0.15, 0.2) is 5.96 Å². The molecule has 312 valence electrons. The summed E-state index contributed by atoms with van der Waals surface area (Å²) in [6, 6.07) is -7.11. The van der Waals surface area contributed by atoms with Gasteiger partial charge in [0.1, 0.15) is 30.2 Å². The van der Waals surface area contributed by atoms with Crippen LogP contribution < -0.4 is 43.8 Å². The number of nitrogens with one attached hydrogen (secondary N) is 5. The summed E-state index contributed by atoms with van der Waals surface area (Å²) in [5.41, 5.74) is 16.7. The average molecular weight is 783 g/mol. The fourth-order valence-corrected chi connectivity index (χ4v) is 5.99. The molecule has 6 amide bonds. The summed E-state index contributed by atoms with van der Waals surface area (Å²) in [6.07, 6.45) is 1.09. The van der Waals surface area contributed by atoms with E-state index in [9.17, 15) is 48.6 Å². The van der Waals surface area contributed by atoms with Gasteiger partial charge in [0.25, 0.3) is 0 Å². The van der Waals surface area contributed by atoms with Crippen molar-refractivity contribution in [2.24, 2.45) is 39.9 Å². The van der Waals surface area contributed by atoms with E-state index in [2.05, 4.69) is 31.6 Å². The Hall–Kier alpha value is -5.01. The highest BCUT2D eigenvalue weighted by molar-refractivity contribution is 5.97. The van der Waals surface area contributed by atoms with Gasteiger partial charge in [-0.05, 0) is 62.7 Å². The number of carbonyl (C=O) groups is 8. The van der Waals surface area contributed by atoms with Gasteiger partial charge in [-0.15, -0.1) is 0 Å². The predicted molar refractivity (Wildman–Crippen MR) is 202 cm³/mol. The minimum absolute atomic E-state index is 0.0601. The number of amides is 6. The molecule has 0 unspecified atom stereocenters. The van der Waals surface area contributed by atoms with Crippen molar-refractivity contribution >= 4 is 53.3 Å². The molecule has 13 N–H and O–H groups in total. The van der Waals surface area contributed by atoms with Crippen molar-refractivity contribution in [3.8, 4) is 0 Å². The van der Waals surface area contributed by atoms with Crippen molar-refractivity contribution in [2.75, 3.05) is 19.6 Å². The monoisotopic (exact) mass is 782 g/mol. The van der Waals surface area contributed by atoms with Gasteiger partial charge in [0.05, 0.1) is 19.0 Å². The summed E-state index contributed by atoms with van der Waals surface area (Å²) in [5, 5.41) is 31.3. The number of nitrogens with two attached hydrogens (primary N) is 3. The van der Waals surface area contributed by atoms with E-state index < -0.39 is 96.6 Å². The maximum atomic E-state index is 13.6. The molecule has 0 aromatic carbocycles. The number of carboxylic acids is 2. The van der Waals surface area contributed by atoms with E-state index in [-0.39, 0.29) is 43.0 Å². The number of aliphatic imine (C=N–C) groups is 1. The van der Waals surface area contributed by atoms with Crippen molar-refractivity contribution < 1.29 is 48.6 Å². The predicted octanol–water partition coefficient (Wildman–Crippen LogP) is -1.89. The smallest absolute Gasteiger partial charge is 0.326 e. The molecule has 1 rings (SSSR count). The van der Waals surface area contributed by atoms with Crippen LogP contribution in [0, 0.1) is 17.8 Å². The minimum Gasteiger partial charge on any atom is -0.481 e. The molecule has 0 saturated carbocycles. The van der Waals surface area contributed by atoms with Gasteiger partial charge in [-0.2, -0.15) is 0 Å². The van der Waals surface area contributed by atoms with Crippen LogP contribution in [0.3, 0.4) is 0 Å². The Bertz CT molecular complexity index is 1390. The number of hydrogen-bond donors (Lipinski definition) is 10. The molecule has 1 aliphatic rings. The zero-order valence-electron chi connectivity index (χ0n) is 32.8. The molecule has 1 heterocycles. The largest absolute Gasteiger partial charge is 0.481 e. The third kappa shape index (κ3) is 18.2. The molecule has 1 saturated heterocycles. The fraction of sp³-hybridized carbons (Fsp3) is 0.743. The molecule has 20 nitrogen and oxygen atoms in total. The van der Waals surface area contributed by atoms with E-state index in [0.29, 0.717) is 38.8 Å². The zero-order valence-corrected chi connectivity index (χ0v) is 32.8. The van der Waals surface area contributed by atoms with Gasteiger partial charge in [0, 0.05) is 13.1 Å². The molecule has 0 aliphatic carbocycles. The molecular formula is C35H62N10O10. The van der Waals surface area contributed by atoms with Crippen LogP contribution in [0.4, 0.5) is 0 Å². The molecule has 0 aromatic rings. The Balaban J connectivity index is 3.00. The van der Waals surface area contributed by atoms with E-state index in [0.717, 1.165) is 0 Å². The number of aliphatic carboxylic acids is 2. The van der Waals surface area contributed by atoms with Gasteiger partial charge in [-0.25, -0.2) is 4.79 Å². The molecule has 1 aliphatic heterocycles. The van der Waals surface area contributed by atoms with E-state index in [1.165, 1.54) is 4.90 Å². The second-order valence-corrected chi connectivity index (χ2v) is 15.1. The van der Waals surface area contributed by atoms with Crippen molar-refractivity contribution in [3.63, 3.8) is 0 Å². The summed E-state index contributed by atoms with van der Waals surface area (Å²) < 4.78 is 0. The lowest BCUT2D eigenvalue weighted by Gasteiger charge is -2.27. The highest BCUT2D eigenvalue weighted by atomic mass is 16.4. The first-order chi connectivity index (χ1) is 25.6. The number of rotatable bonds is 24. The van der Waals surface area contributed by atoms with Gasteiger partial charge < -0.3 is 58.9 Å². The molecular weight excluding hydrogens is 720 g/mol. The Morgan fingerprint density at radius 1 is 0.745 bits per heavy atom. The van der Waals surface area contributed by atoms with Gasteiger partial charge in [0.2, 0.25) is 35.4 Å². The Morgan fingerprint density at radius 3 is 1.75 bits per heavy atom. The number of carboxylic acid groups (broad SMARTS) is 2. The number of hydrogen-bond acceptors (Lipinski definition) is 10. The molecule has 1 fully saturated rings. The van der Waals surface area contributed by atoms with Crippen molar-refractivity contribution in [2.45, 2.75) is 129 Å². The third-order valence-electron chi connectivity index (χ3n) is 8.58. The highest BCUT2D eigenvalue weighted by Gasteiger charge is 2.37. The third-order valence-corrected chi connectivity index (χ3v) is 8.58. The van der Waals surface area contributed by atoms with Crippen LogP contribution in [0.15, 0.2) is 4.99 Å². The van der Waals surface area contributed by atoms with E-state index >= 15 is 0 Å². The molecule has 0 bridgehead atoms. The summed E-state index contributed by atoms with van der Waals surface area (Å²) in [7, 11) is 0. The van der Waals surface area contributed by atoms with Crippen LogP contribution in [0.5, 0.6) is 0 Å². The summed E-state index contributed by atoms with van der Waals surface area (Å²) in [4.78, 5) is 108. The number of likely N-dealkylation sites (tertiary alicyclic amines) is 1. The van der Waals surface area contributed by atoms with Crippen LogP contribution in [-0.2, 0) is 38.4 Å². The highest BCUT2D eigenvalue weighted by Crippen LogP contribution is 2.19. The quantitative estimate of drug-likeness (QED) is 0.0291. The Morgan fingerprint density at radius 2 is 1.24 bits per heavy atom. The molecule has 0 aromatic heterocycles. The van der Waals surface area contributed by atoms with E-state index in [1.807, 2.05) is 13.8 Å². The Labute approximate surface area is 321 Å². The van der Waals surface area contributed by atoms with Crippen LogP contribution in [0.25, 0.3) is 0 Å². The normalized spacial score (nSPS) is 16.7. The molecule has 20 heteroatoms. The second kappa shape index (κ2) is 23.7. The molecule has 0 spiro atoms. The number of guanidine groups is 1. The van der Waals surface area contributed by atoms with Crippen molar-refractivity contribution in [1.82, 2.24) is 31.5 Å². The first kappa shape index (κ1) is 48.0. The standard InChI is InChI=1S/C35H62N10O10/c1-18(2)13-22(41-27(46)17-40-32(52)26-10-8-12-45(26)33(53)21(36)9-7-11-39-35(37)38)29(49)42-23(14-19(3)4)30(50)43-24(16-28(47)48)31(51)44-25(34(54)55)15-20(5)6/h18-26H,7-17,36H2,1-6H3,(H,40,52)(H,41,46)(H,42,49)(H,43,50)(H,44,51)(H,47,48)(H,54,55)(H4,37,38,39)/t21-,22-,23-,24-,25-,26-/m0/s1. The first-order valence-corrected chi connectivity index (χ1v) is 18.7. The van der Waals surface area contributed by atoms with Crippen LogP contribution in [-0.4, -0.2) is 124 Å². The second-order valence-electron chi connectivity index (χ2n) is 15.1. The van der Waals surface area contributed by atoms with Crippen LogP contribution >= 0.6 is 0 Å². The van der Waals surface area contributed by atoms with Crippen molar-refractivity contribution in [1.29, 1.82) is 0 Å². The number of nitrogens with zero attached hydrogens (tertiary/aromatic N) is 2. The maximum absolute atomic E-state index is 13.6. The summed E-state index contributed by atoms with van der Waals surface area (Å²) in [5.74, 6) is -7.55. The first-order valence-electron chi connectivity index (χ1n) is 18.7. The zero-order chi connectivity index (χ0) is 42.0. The lowest BCUT2D eigenvalue weighted by atomic mass is 9.99. The minimum atomic E-state index is -1.65. The lowest BCUT2D eigenvalue weighted by Crippen LogP contribution is -2.59. The summed E-state index contributed by atoms with van der Waals surface area (Å²) >= 11 is 0. The van der Waals surface area contributed by atoms with Gasteiger partial charge >= 0.3 is 11.9 Å². The van der Waals surface area contributed by atoms with Gasteiger partial charge in [-0.1, -0.05) is 41.5 Å². The SMILES string of the molecule is CC(C)C[C@H](NC(=O)[C@H](CC(=O)O)NC(=O)[C@H](CC(C)C)NC(=O)[C@H](CC(C)C)NC(=O)CNC(=O)[C@@H]1CCCN1C(=O)[C@@H](N)CCCN=C(N)N)C(=O)O. The van der Waals surface area contributed by atoms with E-state index in [4.69, 9.17) is 17.2 Å². The fourth-order valence-electron chi connectivity index (χ4n) is 5.99. The summed E-state index contributed by atoms with van der Waals surface area (Å²) in [6.45, 7) is 10.8. The molecule has 55 heavy (non-hydrogen) atoms. The maximum Gasteiger partial charge on any atom is 0.326 e. The molecule has 6 atom stereocenters. The van der Waals surface area contributed by atoms with Gasteiger partial charge in [-0.3, -0.25) is 38.6 Å². The van der Waals surface area contributed by atoms with Crippen molar-refractivity contribution in [3.05, 3.63) is 0 Å². The van der Waals surface area contributed by atoms with Crippen LogP contribution in [0.1, 0.15) is 92.9 Å². The lowest BCUT2D eigenvalue weighted by molar-refractivity contribution is -0.144. The Kier molecular flexibility index (Phi) is 20.7. The molecule has 0 radical (unpaired) electrons. The van der Waals surface area contributed by atoms with E-state index in [1.54, 1.807) is 27.7 Å². The topological polar surface area (TPSA) is 331 Å². The average Bonchev–Trinajstić information content (AvgIpc) is 3.56. The number of carbonyl (C=O) groups excluding carboxylic acids is 6.